The molecular weight excluding hydrogens is 438 g/mol. The van der Waals surface area contributed by atoms with Crippen LogP contribution in [0, 0.1) is 12.8 Å². The zero-order valence-corrected chi connectivity index (χ0v) is 21.1. The van der Waals surface area contributed by atoms with Gasteiger partial charge in [-0.05, 0) is 44.7 Å². The van der Waals surface area contributed by atoms with Crippen LogP contribution in [0.2, 0.25) is 0 Å². The number of carbonyl (C=O) groups is 4. The van der Waals surface area contributed by atoms with Gasteiger partial charge in [-0.3, -0.25) is 14.4 Å². The number of nitrogens with one attached hydrogen (secondary N) is 2. The molecule has 0 aliphatic heterocycles. The summed E-state index contributed by atoms with van der Waals surface area (Å²) in [5.74, 6) is -1.97. The molecule has 0 spiro atoms. The number of methoxy groups -OCH3 is 1. The van der Waals surface area contributed by atoms with Crippen LogP contribution in [-0.4, -0.2) is 60.6 Å². The lowest BCUT2D eigenvalue weighted by Crippen LogP contribution is -2.55. The highest BCUT2D eigenvalue weighted by Crippen LogP contribution is 2.26. The monoisotopic (exact) mass is 475 g/mol. The number of aryl methyl sites for hydroxylation is 1. The molecule has 0 aromatic heterocycles. The molecule has 9 nitrogen and oxygen atoms in total. The third-order valence-electron chi connectivity index (χ3n) is 4.89. The summed E-state index contributed by atoms with van der Waals surface area (Å²) in [5, 5.41) is 5.18. The van der Waals surface area contributed by atoms with Gasteiger partial charge in [-0.1, -0.05) is 44.2 Å². The first-order valence-corrected chi connectivity index (χ1v) is 11.1. The molecule has 0 bridgehead atoms. The molecule has 9 heteroatoms. The average molecular weight is 476 g/mol. The van der Waals surface area contributed by atoms with Crippen LogP contribution in [0.25, 0.3) is 0 Å². The zero-order valence-electron chi connectivity index (χ0n) is 21.1. The summed E-state index contributed by atoms with van der Waals surface area (Å²) in [7, 11) is 1.22. The Labute approximate surface area is 201 Å². The standard InChI is InChI=1S/C25H37N3O6/c1-9-14-28(23(31)20(16(2)3)27-24(32)34-25(5,6)7)21(18-13-11-10-12-17(18)4)22(30)26-15-19(29)33-8/h9-13,16,20-21H,1,14-15H2,2-8H3,(H,26,30)(H,27,32). The molecule has 1 aromatic carbocycles. The number of ether oxygens (including phenoxy) is 2. The topological polar surface area (TPSA) is 114 Å². The Bertz CT molecular complexity index is 891. The van der Waals surface area contributed by atoms with Gasteiger partial charge < -0.3 is 25.0 Å². The van der Waals surface area contributed by atoms with E-state index in [2.05, 4.69) is 21.9 Å². The molecule has 1 rings (SSSR count). The van der Waals surface area contributed by atoms with Crippen LogP contribution in [0.4, 0.5) is 4.79 Å². The van der Waals surface area contributed by atoms with Crippen molar-refractivity contribution in [3.8, 4) is 0 Å². The van der Waals surface area contributed by atoms with Crippen LogP contribution in [0.15, 0.2) is 36.9 Å². The summed E-state index contributed by atoms with van der Waals surface area (Å²) >= 11 is 0. The van der Waals surface area contributed by atoms with Gasteiger partial charge in [0.15, 0.2) is 0 Å². The number of esters is 1. The summed E-state index contributed by atoms with van der Waals surface area (Å²) in [4.78, 5) is 52.4. The Hall–Kier alpha value is -3.36. The van der Waals surface area contributed by atoms with Gasteiger partial charge in [0.25, 0.3) is 0 Å². The number of hydrogen-bond donors (Lipinski definition) is 2. The molecule has 0 aliphatic carbocycles. The summed E-state index contributed by atoms with van der Waals surface area (Å²) in [6.07, 6.45) is 0.766. The summed E-state index contributed by atoms with van der Waals surface area (Å²) in [6, 6.07) is 5.12. The van der Waals surface area contributed by atoms with E-state index >= 15 is 0 Å². The van der Waals surface area contributed by atoms with Gasteiger partial charge in [0.1, 0.15) is 24.2 Å². The van der Waals surface area contributed by atoms with Crippen LogP contribution in [0.1, 0.15) is 51.8 Å². The molecule has 2 unspecified atom stereocenters. The van der Waals surface area contributed by atoms with Gasteiger partial charge in [0, 0.05) is 6.54 Å². The highest BCUT2D eigenvalue weighted by molar-refractivity contribution is 5.93. The molecule has 1 aromatic rings. The van der Waals surface area contributed by atoms with E-state index in [9.17, 15) is 19.2 Å². The Kier molecular flexibility index (Phi) is 10.8. The van der Waals surface area contributed by atoms with Gasteiger partial charge in [-0.2, -0.15) is 0 Å². The quantitative estimate of drug-likeness (QED) is 0.397. The fourth-order valence-corrected chi connectivity index (χ4v) is 3.26. The number of benzene rings is 1. The highest BCUT2D eigenvalue weighted by Gasteiger charge is 2.37. The van der Waals surface area contributed by atoms with Crippen molar-refractivity contribution in [2.24, 2.45) is 5.92 Å². The minimum absolute atomic E-state index is 0.0305. The first-order valence-electron chi connectivity index (χ1n) is 11.1. The number of alkyl carbamates (subject to hydrolysis) is 1. The number of hydrogen-bond acceptors (Lipinski definition) is 6. The smallest absolute Gasteiger partial charge is 0.408 e. The van der Waals surface area contributed by atoms with Crippen molar-refractivity contribution in [1.82, 2.24) is 15.5 Å². The number of amides is 3. The number of carbonyl (C=O) groups excluding carboxylic acids is 4. The maximum absolute atomic E-state index is 13.7. The molecule has 2 N–H and O–H groups in total. The number of rotatable bonds is 10. The Balaban J connectivity index is 3.41. The van der Waals surface area contributed by atoms with Gasteiger partial charge in [-0.15, -0.1) is 6.58 Å². The second-order valence-electron chi connectivity index (χ2n) is 9.20. The molecular formula is C25H37N3O6. The fourth-order valence-electron chi connectivity index (χ4n) is 3.26. The third kappa shape index (κ3) is 8.53. The van der Waals surface area contributed by atoms with E-state index < -0.39 is 41.6 Å². The molecule has 0 saturated carbocycles. The minimum Gasteiger partial charge on any atom is -0.468 e. The van der Waals surface area contributed by atoms with Crippen molar-refractivity contribution in [2.75, 3.05) is 20.2 Å². The summed E-state index contributed by atoms with van der Waals surface area (Å²) in [5.41, 5.74) is 0.621. The molecule has 0 aliphatic rings. The summed E-state index contributed by atoms with van der Waals surface area (Å²) in [6.45, 7) is 14.0. The van der Waals surface area contributed by atoms with E-state index in [0.29, 0.717) is 5.56 Å². The minimum atomic E-state index is -1.07. The average Bonchev–Trinajstić information content (AvgIpc) is 2.74. The van der Waals surface area contributed by atoms with E-state index in [1.165, 1.54) is 18.1 Å². The lowest BCUT2D eigenvalue weighted by Gasteiger charge is -2.35. The van der Waals surface area contributed by atoms with Crippen LogP contribution in [0.5, 0.6) is 0 Å². The van der Waals surface area contributed by atoms with Gasteiger partial charge >= 0.3 is 12.1 Å². The second kappa shape index (κ2) is 12.8. The zero-order chi connectivity index (χ0) is 26.1. The molecule has 2 atom stereocenters. The molecule has 3 amide bonds. The van der Waals surface area contributed by atoms with Gasteiger partial charge in [0.05, 0.1) is 7.11 Å². The van der Waals surface area contributed by atoms with E-state index in [-0.39, 0.29) is 19.0 Å². The van der Waals surface area contributed by atoms with Crippen molar-refractivity contribution >= 4 is 23.9 Å². The highest BCUT2D eigenvalue weighted by atomic mass is 16.6. The van der Waals surface area contributed by atoms with Crippen molar-refractivity contribution in [3.05, 3.63) is 48.0 Å². The van der Waals surface area contributed by atoms with Crippen molar-refractivity contribution in [2.45, 2.75) is 59.2 Å². The molecule has 34 heavy (non-hydrogen) atoms. The van der Waals surface area contributed by atoms with E-state index in [1.54, 1.807) is 46.8 Å². The van der Waals surface area contributed by atoms with Crippen molar-refractivity contribution in [1.29, 1.82) is 0 Å². The van der Waals surface area contributed by atoms with Gasteiger partial charge in [0.2, 0.25) is 11.8 Å². The first-order chi connectivity index (χ1) is 15.8. The van der Waals surface area contributed by atoms with E-state index in [4.69, 9.17) is 4.74 Å². The molecule has 0 saturated heterocycles. The Morgan fingerprint density at radius 2 is 1.76 bits per heavy atom. The Morgan fingerprint density at radius 3 is 2.26 bits per heavy atom. The van der Waals surface area contributed by atoms with Crippen molar-refractivity contribution < 1.29 is 28.7 Å². The van der Waals surface area contributed by atoms with Gasteiger partial charge in [-0.25, -0.2) is 4.79 Å². The van der Waals surface area contributed by atoms with E-state index in [0.717, 1.165) is 5.56 Å². The predicted molar refractivity (Wildman–Crippen MR) is 129 cm³/mol. The lowest BCUT2D eigenvalue weighted by molar-refractivity contribution is -0.144. The third-order valence-corrected chi connectivity index (χ3v) is 4.89. The van der Waals surface area contributed by atoms with E-state index in [1.807, 2.05) is 19.1 Å². The SMILES string of the molecule is C=CCN(C(=O)C(NC(=O)OC(C)(C)C)C(C)C)C(C(=O)NCC(=O)OC)c1ccccc1C. The maximum Gasteiger partial charge on any atom is 0.408 e. The molecule has 0 fully saturated rings. The van der Waals surface area contributed by atoms with Crippen LogP contribution >= 0.6 is 0 Å². The Morgan fingerprint density at radius 1 is 1.15 bits per heavy atom. The molecule has 188 valence electrons. The second-order valence-corrected chi connectivity index (χ2v) is 9.20. The fraction of sp³-hybridized carbons (Fsp3) is 0.520. The molecule has 0 heterocycles. The lowest BCUT2D eigenvalue weighted by atomic mass is 9.96. The molecule has 0 radical (unpaired) electrons. The van der Waals surface area contributed by atoms with Crippen LogP contribution in [0.3, 0.4) is 0 Å². The summed E-state index contributed by atoms with van der Waals surface area (Å²) < 4.78 is 9.93. The van der Waals surface area contributed by atoms with Crippen LogP contribution < -0.4 is 10.6 Å². The van der Waals surface area contributed by atoms with Crippen LogP contribution in [-0.2, 0) is 23.9 Å². The normalized spacial score (nSPS) is 12.8. The largest absolute Gasteiger partial charge is 0.468 e. The maximum atomic E-state index is 13.7. The predicted octanol–water partition coefficient (Wildman–Crippen LogP) is 2.89. The first kappa shape index (κ1) is 28.7. The van der Waals surface area contributed by atoms with Crippen molar-refractivity contribution in [3.63, 3.8) is 0 Å². The number of nitrogens with zero attached hydrogens (tertiary/aromatic N) is 1.